The Kier molecular flexibility index (Phi) is 5.65. The second-order valence-corrected chi connectivity index (χ2v) is 7.35. The number of ether oxygens (including phenoxy) is 1. The number of nitrogens with one attached hydrogen (secondary N) is 2. The Morgan fingerprint density at radius 3 is 2.75 bits per heavy atom. The van der Waals surface area contributed by atoms with E-state index in [0.29, 0.717) is 32.0 Å². The first kappa shape index (κ1) is 18.6. The summed E-state index contributed by atoms with van der Waals surface area (Å²) in [6.07, 6.45) is 3.87. The predicted molar refractivity (Wildman–Crippen MR) is 105 cm³/mol. The molecule has 8 nitrogen and oxygen atoms in total. The number of thiazole rings is 1. The van der Waals surface area contributed by atoms with Crippen LogP contribution in [0.1, 0.15) is 17.3 Å². The molecule has 0 aliphatic carbocycles. The van der Waals surface area contributed by atoms with Gasteiger partial charge in [-0.05, 0) is 5.56 Å². The molecule has 0 radical (unpaired) electrons. The van der Waals surface area contributed by atoms with Crippen molar-refractivity contribution in [2.24, 2.45) is 0 Å². The van der Waals surface area contributed by atoms with Gasteiger partial charge in [0.25, 0.3) is 0 Å². The van der Waals surface area contributed by atoms with Crippen LogP contribution in [0.3, 0.4) is 0 Å². The van der Waals surface area contributed by atoms with Crippen molar-refractivity contribution < 1.29 is 14.3 Å². The van der Waals surface area contributed by atoms with Gasteiger partial charge in [-0.25, -0.2) is 10.4 Å². The van der Waals surface area contributed by atoms with Crippen LogP contribution in [-0.4, -0.2) is 52.4 Å². The number of hydrogen-bond donors (Lipinski definition) is 2. The van der Waals surface area contributed by atoms with Crippen LogP contribution in [0.15, 0.2) is 48.1 Å². The fourth-order valence-electron chi connectivity index (χ4n) is 3.12. The SMILES string of the molecule is O=C(Cc1cn2ccsc2n1)NNC(C(=O)N1CCOCC1)c1ccccc1. The average molecular weight is 399 g/mol. The highest BCUT2D eigenvalue weighted by atomic mass is 32.1. The number of carbonyl (C=O) groups is 2. The summed E-state index contributed by atoms with van der Waals surface area (Å²) < 4.78 is 7.21. The van der Waals surface area contributed by atoms with E-state index < -0.39 is 6.04 Å². The topological polar surface area (TPSA) is 88.0 Å². The Morgan fingerprint density at radius 2 is 2.00 bits per heavy atom. The van der Waals surface area contributed by atoms with Crippen molar-refractivity contribution >= 4 is 28.1 Å². The number of amides is 2. The molecule has 1 aliphatic rings. The molecule has 1 fully saturated rings. The molecule has 1 atom stereocenters. The molecule has 0 bridgehead atoms. The second kappa shape index (κ2) is 8.51. The smallest absolute Gasteiger partial charge is 0.246 e. The Bertz CT molecular complexity index is 920. The summed E-state index contributed by atoms with van der Waals surface area (Å²) in [5.74, 6) is -0.334. The number of aromatic nitrogens is 2. The lowest BCUT2D eigenvalue weighted by Gasteiger charge is -2.31. The number of hydrazine groups is 1. The summed E-state index contributed by atoms with van der Waals surface area (Å²) in [5.41, 5.74) is 7.07. The molecule has 1 aromatic carbocycles. The normalized spacial score (nSPS) is 15.5. The molecule has 28 heavy (non-hydrogen) atoms. The number of rotatable bonds is 6. The number of nitrogens with zero attached hydrogens (tertiary/aromatic N) is 3. The van der Waals surface area contributed by atoms with Crippen molar-refractivity contribution in [3.8, 4) is 0 Å². The molecule has 3 aromatic rings. The third kappa shape index (κ3) is 4.22. The zero-order chi connectivity index (χ0) is 19.3. The minimum Gasteiger partial charge on any atom is -0.378 e. The van der Waals surface area contributed by atoms with E-state index >= 15 is 0 Å². The van der Waals surface area contributed by atoms with E-state index in [2.05, 4.69) is 15.8 Å². The number of hydrogen-bond acceptors (Lipinski definition) is 6. The molecule has 9 heteroatoms. The summed E-state index contributed by atoms with van der Waals surface area (Å²) >= 11 is 1.51. The van der Waals surface area contributed by atoms with Crippen LogP contribution in [0.4, 0.5) is 0 Å². The molecule has 3 heterocycles. The van der Waals surface area contributed by atoms with Crippen LogP contribution in [0, 0.1) is 0 Å². The number of morpholine rings is 1. The number of benzene rings is 1. The fraction of sp³-hybridized carbons (Fsp3) is 0.316. The van der Waals surface area contributed by atoms with E-state index in [1.165, 1.54) is 11.3 Å². The van der Waals surface area contributed by atoms with Crippen molar-refractivity contribution in [1.82, 2.24) is 25.1 Å². The van der Waals surface area contributed by atoms with Gasteiger partial charge in [0, 0.05) is 30.9 Å². The van der Waals surface area contributed by atoms with Crippen LogP contribution in [0.5, 0.6) is 0 Å². The van der Waals surface area contributed by atoms with E-state index in [-0.39, 0.29) is 18.2 Å². The van der Waals surface area contributed by atoms with E-state index in [9.17, 15) is 9.59 Å². The summed E-state index contributed by atoms with van der Waals surface area (Å²) in [7, 11) is 0. The number of carbonyl (C=O) groups excluding carboxylic acids is 2. The molecule has 2 N–H and O–H groups in total. The predicted octanol–water partition coefficient (Wildman–Crippen LogP) is 1.16. The van der Waals surface area contributed by atoms with Gasteiger partial charge in [-0.2, -0.15) is 0 Å². The summed E-state index contributed by atoms with van der Waals surface area (Å²) in [5, 5.41) is 1.94. The minimum atomic E-state index is -0.659. The van der Waals surface area contributed by atoms with Crippen molar-refractivity contribution in [1.29, 1.82) is 0 Å². The molecule has 0 saturated carbocycles. The number of imidazole rings is 1. The molecule has 1 unspecified atom stereocenters. The van der Waals surface area contributed by atoms with E-state index in [4.69, 9.17) is 4.74 Å². The quantitative estimate of drug-likeness (QED) is 0.608. The maximum Gasteiger partial charge on any atom is 0.246 e. The van der Waals surface area contributed by atoms with Gasteiger partial charge >= 0.3 is 0 Å². The van der Waals surface area contributed by atoms with Crippen LogP contribution in [0.2, 0.25) is 0 Å². The Morgan fingerprint density at radius 1 is 1.21 bits per heavy atom. The van der Waals surface area contributed by atoms with Crippen molar-refractivity contribution in [3.63, 3.8) is 0 Å². The van der Waals surface area contributed by atoms with Gasteiger partial charge in [-0.3, -0.25) is 19.4 Å². The Labute approximate surface area is 166 Å². The molecular formula is C19H21N5O3S. The number of fused-ring (bicyclic) bond motifs is 1. The van der Waals surface area contributed by atoms with Gasteiger partial charge in [-0.1, -0.05) is 30.3 Å². The van der Waals surface area contributed by atoms with Crippen LogP contribution < -0.4 is 10.9 Å². The van der Waals surface area contributed by atoms with E-state index in [1.807, 2.05) is 52.5 Å². The lowest BCUT2D eigenvalue weighted by Crippen LogP contribution is -2.50. The molecular weight excluding hydrogens is 378 g/mol. The van der Waals surface area contributed by atoms with E-state index in [1.54, 1.807) is 4.90 Å². The highest BCUT2D eigenvalue weighted by Crippen LogP contribution is 2.16. The largest absolute Gasteiger partial charge is 0.378 e. The summed E-state index contributed by atoms with van der Waals surface area (Å²) in [6, 6.07) is 8.71. The van der Waals surface area contributed by atoms with Crippen molar-refractivity contribution in [2.45, 2.75) is 12.5 Å². The van der Waals surface area contributed by atoms with Gasteiger partial charge in [0.05, 0.1) is 25.3 Å². The zero-order valence-corrected chi connectivity index (χ0v) is 16.0. The molecule has 2 aromatic heterocycles. The van der Waals surface area contributed by atoms with Gasteiger partial charge < -0.3 is 9.64 Å². The van der Waals surface area contributed by atoms with Crippen molar-refractivity contribution in [3.05, 3.63) is 59.4 Å². The van der Waals surface area contributed by atoms with Crippen molar-refractivity contribution in [2.75, 3.05) is 26.3 Å². The monoisotopic (exact) mass is 399 g/mol. The highest BCUT2D eigenvalue weighted by molar-refractivity contribution is 7.15. The molecule has 0 spiro atoms. The molecule has 1 saturated heterocycles. The highest BCUT2D eigenvalue weighted by Gasteiger charge is 2.27. The lowest BCUT2D eigenvalue weighted by atomic mass is 10.1. The van der Waals surface area contributed by atoms with Crippen LogP contribution in [-0.2, 0) is 20.7 Å². The lowest BCUT2D eigenvalue weighted by molar-refractivity contribution is -0.138. The third-order valence-electron chi connectivity index (χ3n) is 4.54. The summed E-state index contributed by atoms with van der Waals surface area (Å²) in [6.45, 7) is 2.14. The standard InChI is InChI=1S/C19H21N5O3S/c25-16(12-15-13-24-8-11-28-19(24)20-15)21-22-17(14-4-2-1-3-5-14)18(26)23-6-9-27-10-7-23/h1-5,8,11,13,17,22H,6-7,9-10,12H2,(H,21,25). The van der Waals surface area contributed by atoms with Crippen LogP contribution in [0.25, 0.3) is 4.96 Å². The zero-order valence-electron chi connectivity index (χ0n) is 15.2. The minimum absolute atomic E-state index is 0.0858. The van der Waals surface area contributed by atoms with Gasteiger partial charge in [0.2, 0.25) is 11.8 Å². The fourth-order valence-corrected chi connectivity index (χ4v) is 3.84. The molecule has 1 aliphatic heterocycles. The first-order valence-corrected chi connectivity index (χ1v) is 9.95. The first-order chi connectivity index (χ1) is 13.7. The maximum absolute atomic E-state index is 13.0. The Balaban J connectivity index is 1.42. The summed E-state index contributed by atoms with van der Waals surface area (Å²) in [4.78, 5) is 32.4. The van der Waals surface area contributed by atoms with E-state index in [0.717, 1.165) is 10.5 Å². The molecule has 4 rings (SSSR count). The molecule has 2 amide bonds. The maximum atomic E-state index is 13.0. The average Bonchev–Trinajstić information content (AvgIpc) is 3.31. The first-order valence-electron chi connectivity index (χ1n) is 9.07. The molecule has 146 valence electrons. The third-order valence-corrected chi connectivity index (χ3v) is 5.31. The van der Waals surface area contributed by atoms with Gasteiger partial charge in [-0.15, -0.1) is 11.3 Å². The van der Waals surface area contributed by atoms with Crippen LogP contribution >= 0.6 is 11.3 Å². The van der Waals surface area contributed by atoms with Gasteiger partial charge in [0.15, 0.2) is 4.96 Å². The second-order valence-electron chi connectivity index (χ2n) is 6.48. The van der Waals surface area contributed by atoms with Gasteiger partial charge in [0.1, 0.15) is 6.04 Å². The Hall–Kier alpha value is -2.75.